The third kappa shape index (κ3) is 15.9. The summed E-state index contributed by atoms with van der Waals surface area (Å²) in [5.41, 5.74) is 5.68. The molecule has 1 unspecified atom stereocenters. The van der Waals surface area contributed by atoms with Crippen molar-refractivity contribution in [2.75, 3.05) is 13.2 Å². The van der Waals surface area contributed by atoms with Crippen LogP contribution in [0.15, 0.2) is 0 Å². The molecule has 0 saturated heterocycles. The molecule has 0 aliphatic rings. The lowest BCUT2D eigenvalue weighted by Crippen LogP contribution is -2.15. The molecule has 18 heavy (non-hydrogen) atoms. The van der Waals surface area contributed by atoms with E-state index in [1.165, 1.54) is 57.8 Å². The van der Waals surface area contributed by atoms with E-state index in [1.54, 1.807) is 0 Å². The number of hydrogen-bond donors (Lipinski definition) is 1. The van der Waals surface area contributed by atoms with Crippen LogP contribution >= 0.6 is 0 Å². The molecule has 0 aliphatic carbocycles. The molecule has 2 heteroatoms. The average Bonchev–Trinajstić information content (AvgIpc) is 2.34. The summed E-state index contributed by atoms with van der Waals surface area (Å²) in [7, 11) is 0. The van der Waals surface area contributed by atoms with Gasteiger partial charge in [0.05, 0.1) is 0 Å². The van der Waals surface area contributed by atoms with Crippen LogP contribution in [0.4, 0.5) is 0 Å². The Balaban J connectivity index is 2.90. The minimum atomic E-state index is 0.321. The van der Waals surface area contributed by atoms with Gasteiger partial charge < -0.3 is 10.5 Å². The lowest BCUT2D eigenvalue weighted by atomic mass is 10.1. The van der Waals surface area contributed by atoms with E-state index in [0.29, 0.717) is 6.04 Å². The predicted molar refractivity (Wildman–Crippen MR) is 80.9 cm³/mol. The molecule has 2 nitrogen and oxygen atoms in total. The van der Waals surface area contributed by atoms with Crippen molar-refractivity contribution in [3.8, 4) is 0 Å². The Morgan fingerprint density at radius 1 is 0.778 bits per heavy atom. The predicted octanol–water partition coefficient (Wildman–Crippen LogP) is 4.66. The second-order valence-corrected chi connectivity index (χ2v) is 5.56. The molecule has 110 valence electrons. The van der Waals surface area contributed by atoms with E-state index in [2.05, 4.69) is 13.8 Å². The number of rotatable bonds is 14. The molecular weight excluding hydrogens is 222 g/mol. The van der Waals surface area contributed by atoms with E-state index >= 15 is 0 Å². The molecule has 0 aromatic carbocycles. The Morgan fingerprint density at radius 2 is 1.28 bits per heavy atom. The first kappa shape index (κ1) is 17.9. The Morgan fingerprint density at radius 3 is 1.83 bits per heavy atom. The van der Waals surface area contributed by atoms with Crippen LogP contribution < -0.4 is 5.73 Å². The van der Waals surface area contributed by atoms with E-state index in [4.69, 9.17) is 10.5 Å². The molecule has 0 fully saturated rings. The van der Waals surface area contributed by atoms with Gasteiger partial charge in [-0.05, 0) is 26.2 Å². The van der Waals surface area contributed by atoms with E-state index in [9.17, 15) is 0 Å². The second-order valence-electron chi connectivity index (χ2n) is 5.56. The molecule has 0 amide bonds. The minimum Gasteiger partial charge on any atom is -0.381 e. The first-order valence-corrected chi connectivity index (χ1v) is 8.10. The smallest absolute Gasteiger partial charge is 0.0466 e. The number of nitrogens with two attached hydrogens (primary N) is 1. The first-order chi connectivity index (χ1) is 8.77. The highest BCUT2D eigenvalue weighted by Gasteiger charge is 1.95. The molecule has 0 aromatic heterocycles. The van der Waals surface area contributed by atoms with E-state index in [0.717, 1.165) is 26.1 Å². The molecule has 0 spiro atoms. The molecule has 2 N–H and O–H groups in total. The largest absolute Gasteiger partial charge is 0.381 e. The van der Waals surface area contributed by atoms with Crippen LogP contribution in [0.2, 0.25) is 0 Å². The van der Waals surface area contributed by atoms with Gasteiger partial charge in [-0.2, -0.15) is 0 Å². The molecule has 0 radical (unpaired) electrons. The monoisotopic (exact) mass is 257 g/mol. The summed E-state index contributed by atoms with van der Waals surface area (Å²) in [4.78, 5) is 0. The van der Waals surface area contributed by atoms with Crippen LogP contribution in [0, 0.1) is 0 Å². The molecule has 0 saturated carbocycles. The van der Waals surface area contributed by atoms with Crippen LogP contribution in [0.5, 0.6) is 0 Å². The lowest BCUT2D eigenvalue weighted by Gasteiger charge is -2.06. The van der Waals surface area contributed by atoms with Gasteiger partial charge in [0.25, 0.3) is 0 Å². The fourth-order valence-electron chi connectivity index (χ4n) is 2.12. The Hall–Kier alpha value is -0.0800. The van der Waals surface area contributed by atoms with Gasteiger partial charge in [-0.25, -0.2) is 0 Å². The first-order valence-electron chi connectivity index (χ1n) is 8.10. The number of unbranched alkanes of at least 4 members (excludes halogenated alkanes) is 8. The van der Waals surface area contributed by atoms with Crippen LogP contribution in [0.1, 0.15) is 84.5 Å². The van der Waals surface area contributed by atoms with Crippen molar-refractivity contribution in [1.29, 1.82) is 0 Å². The SMILES string of the molecule is CCCCCCCCCCCOCCCC(C)N. The van der Waals surface area contributed by atoms with Crippen LogP contribution in [0.25, 0.3) is 0 Å². The Kier molecular flexibility index (Phi) is 14.9. The zero-order valence-corrected chi connectivity index (χ0v) is 12.8. The summed E-state index contributed by atoms with van der Waals surface area (Å²) in [6.07, 6.45) is 14.6. The minimum absolute atomic E-state index is 0.321. The highest BCUT2D eigenvalue weighted by molar-refractivity contribution is 4.52. The van der Waals surface area contributed by atoms with Crippen molar-refractivity contribution in [1.82, 2.24) is 0 Å². The highest BCUT2D eigenvalue weighted by atomic mass is 16.5. The average molecular weight is 257 g/mol. The lowest BCUT2D eigenvalue weighted by molar-refractivity contribution is 0.125. The van der Waals surface area contributed by atoms with Gasteiger partial charge in [0.2, 0.25) is 0 Å². The molecule has 0 rings (SSSR count). The summed E-state index contributed by atoms with van der Waals surface area (Å²) in [5.74, 6) is 0. The highest BCUT2D eigenvalue weighted by Crippen LogP contribution is 2.09. The zero-order chi connectivity index (χ0) is 13.5. The third-order valence-corrected chi connectivity index (χ3v) is 3.34. The normalized spacial score (nSPS) is 12.8. The summed E-state index contributed by atoms with van der Waals surface area (Å²) in [6, 6.07) is 0.321. The van der Waals surface area contributed by atoms with E-state index < -0.39 is 0 Å². The second kappa shape index (κ2) is 15.0. The van der Waals surface area contributed by atoms with Gasteiger partial charge in [0.15, 0.2) is 0 Å². The maximum Gasteiger partial charge on any atom is 0.0466 e. The van der Waals surface area contributed by atoms with Crippen LogP contribution in [-0.4, -0.2) is 19.3 Å². The molecule has 0 aliphatic heterocycles. The summed E-state index contributed by atoms with van der Waals surface area (Å²) in [6.45, 7) is 6.15. The number of ether oxygens (including phenoxy) is 1. The van der Waals surface area contributed by atoms with Gasteiger partial charge in [0, 0.05) is 19.3 Å². The summed E-state index contributed by atoms with van der Waals surface area (Å²) < 4.78 is 5.59. The van der Waals surface area contributed by atoms with Crippen molar-refractivity contribution >= 4 is 0 Å². The van der Waals surface area contributed by atoms with Gasteiger partial charge in [-0.15, -0.1) is 0 Å². The van der Waals surface area contributed by atoms with Gasteiger partial charge in [0.1, 0.15) is 0 Å². The van der Waals surface area contributed by atoms with Crippen molar-refractivity contribution in [2.24, 2.45) is 5.73 Å². The quantitative estimate of drug-likeness (QED) is 0.459. The zero-order valence-electron chi connectivity index (χ0n) is 12.8. The van der Waals surface area contributed by atoms with Gasteiger partial charge >= 0.3 is 0 Å². The van der Waals surface area contributed by atoms with Crippen molar-refractivity contribution < 1.29 is 4.74 Å². The molecular formula is C16H35NO. The number of hydrogen-bond acceptors (Lipinski definition) is 2. The summed E-state index contributed by atoms with van der Waals surface area (Å²) >= 11 is 0. The van der Waals surface area contributed by atoms with Crippen LogP contribution in [-0.2, 0) is 4.74 Å². The van der Waals surface area contributed by atoms with E-state index in [-0.39, 0.29) is 0 Å². The summed E-state index contributed by atoms with van der Waals surface area (Å²) in [5, 5.41) is 0. The molecule has 0 aromatic rings. The van der Waals surface area contributed by atoms with Gasteiger partial charge in [-0.3, -0.25) is 0 Å². The van der Waals surface area contributed by atoms with Gasteiger partial charge in [-0.1, -0.05) is 58.3 Å². The standard InChI is InChI=1S/C16H35NO/c1-3-4-5-6-7-8-9-10-11-14-18-15-12-13-16(2)17/h16H,3-15,17H2,1-2H3. The Bertz CT molecular complexity index is 148. The molecule has 1 atom stereocenters. The topological polar surface area (TPSA) is 35.2 Å². The fourth-order valence-corrected chi connectivity index (χ4v) is 2.12. The maximum atomic E-state index is 5.68. The molecule has 0 heterocycles. The molecule has 0 bridgehead atoms. The Labute approximate surface area is 115 Å². The van der Waals surface area contributed by atoms with Crippen molar-refractivity contribution in [2.45, 2.75) is 90.5 Å². The van der Waals surface area contributed by atoms with Crippen molar-refractivity contribution in [3.63, 3.8) is 0 Å². The maximum absolute atomic E-state index is 5.68. The van der Waals surface area contributed by atoms with Crippen LogP contribution in [0.3, 0.4) is 0 Å². The van der Waals surface area contributed by atoms with E-state index in [1.807, 2.05) is 0 Å². The van der Waals surface area contributed by atoms with Crippen molar-refractivity contribution in [3.05, 3.63) is 0 Å². The fraction of sp³-hybridized carbons (Fsp3) is 1.00. The third-order valence-electron chi connectivity index (χ3n) is 3.34.